The zero-order valence-electron chi connectivity index (χ0n) is 12.9. The molecule has 0 aromatic heterocycles. The highest BCUT2D eigenvalue weighted by Crippen LogP contribution is 2.23. The molecule has 1 aromatic rings. The zero-order valence-corrected chi connectivity index (χ0v) is 13.8. The zero-order chi connectivity index (χ0) is 17.5. The van der Waals surface area contributed by atoms with Crippen molar-refractivity contribution >= 4 is 21.3 Å². The fourth-order valence-electron chi connectivity index (χ4n) is 1.98. The third kappa shape index (κ3) is 6.21. The first-order valence-corrected chi connectivity index (χ1v) is 9.09. The molecule has 23 heavy (non-hydrogen) atoms. The van der Waals surface area contributed by atoms with E-state index >= 15 is 0 Å². The van der Waals surface area contributed by atoms with Crippen molar-refractivity contribution in [3.63, 3.8) is 0 Å². The summed E-state index contributed by atoms with van der Waals surface area (Å²) in [7, 11) is -3.45. The van der Waals surface area contributed by atoms with Crippen molar-refractivity contribution in [2.24, 2.45) is 4.36 Å². The van der Waals surface area contributed by atoms with Crippen LogP contribution in [0.4, 0.5) is 18.9 Å². The van der Waals surface area contributed by atoms with Crippen LogP contribution >= 0.6 is 0 Å². The molecule has 0 aliphatic heterocycles. The van der Waals surface area contributed by atoms with E-state index in [0.717, 1.165) is 25.7 Å². The molecule has 0 fully saturated rings. The van der Waals surface area contributed by atoms with E-state index in [1.165, 1.54) is 24.3 Å². The van der Waals surface area contributed by atoms with Crippen LogP contribution in [0.5, 0.6) is 0 Å². The minimum Gasteiger partial charge on any atom is -0.399 e. The van der Waals surface area contributed by atoms with Crippen molar-refractivity contribution in [3.8, 4) is 0 Å². The number of alkyl halides is 3. The fourth-order valence-corrected chi connectivity index (χ4v) is 3.94. The SMILES string of the molecule is CCCCCCCS(=O)(=NC(=O)C(F)(F)F)c1ccc(N)cc1. The Bertz CT molecular complexity index is 633. The summed E-state index contributed by atoms with van der Waals surface area (Å²) in [5.74, 6) is -2.39. The average Bonchev–Trinajstić information content (AvgIpc) is 2.46. The van der Waals surface area contributed by atoms with Crippen LogP contribution < -0.4 is 5.73 Å². The van der Waals surface area contributed by atoms with Gasteiger partial charge in [-0.1, -0.05) is 32.6 Å². The third-order valence-electron chi connectivity index (χ3n) is 3.25. The summed E-state index contributed by atoms with van der Waals surface area (Å²) in [5.41, 5.74) is 5.91. The number of nitrogens with zero attached hydrogens (tertiary/aromatic N) is 1. The lowest BCUT2D eigenvalue weighted by molar-refractivity contribution is -0.169. The number of hydrogen-bond acceptors (Lipinski definition) is 3. The number of amides is 1. The smallest absolute Gasteiger partial charge is 0.399 e. The number of unbranched alkanes of at least 4 members (excludes halogenated alkanes) is 4. The van der Waals surface area contributed by atoms with E-state index in [1.807, 2.05) is 6.92 Å². The van der Waals surface area contributed by atoms with Crippen LogP contribution in [0.3, 0.4) is 0 Å². The van der Waals surface area contributed by atoms with E-state index in [-0.39, 0.29) is 10.6 Å². The lowest BCUT2D eigenvalue weighted by atomic mass is 10.2. The molecule has 0 aliphatic rings. The Morgan fingerprint density at radius 2 is 1.70 bits per heavy atom. The van der Waals surface area contributed by atoms with Gasteiger partial charge in [-0.3, -0.25) is 4.79 Å². The summed E-state index contributed by atoms with van der Waals surface area (Å²) in [6.45, 7) is 2.04. The van der Waals surface area contributed by atoms with Gasteiger partial charge in [-0.05, 0) is 30.7 Å². The molecule has 0 aliphatic carbocycles. The second-order valence-electron chi connectivity index (χ2n) is 5.22. The maximum atomic E-state index is 12.9. The van der Waals surface area contributed by atoms with Gasteiger partial charge >= 0.3 is 12.1 Å². The standard InChI is InChI=1S/C15H21F3N2O2S/c1-2-3-4-5-6-11-23(22,20-14(21)15(16,17)18)13-9-7-12(19)8-10-13/h7-10H,2-6,11,19H2,1H3. The van der Waals surface area contributed by atoms with E-state index in [4.69, 9.17) is 5.73 Å². The molecular formula is C15H21F3N2O2S. The third-order valence-corrected chi connectivity index (χ3v) is 5.56. The van der Waals surface area contributed by atoms with Crippen LogP contribution in [-0.2, 0) is 14.5 Å². The Kier molecular flexibility index (Phi) is 7.05. The van der Waals surface area contributed by atoms with Gasteiger partial charge in [0.05, 0.1) is 9.73 Å². The Morgan fingerprint density at radius 1 is 1.13 bits per heavy atom. The van der Waals surface area contributed by atoms with Gasteiger partial charge in [0, 0.05) is 16.3 Å². The van der Waals surface area contributed by atoms with Gasteiger partial charge in [-0.25, -0.2) is 4.21 Å². The molecule has 0 saturated heterocycles. The number of hydrogen-bond donors (Lipinski definition) is 1. The molecule has 1 unspecified atom stereocenters. The lowest BCUT2D eigenvalue weighted by Gasteiger charge is -2.11. The van der Waals surface area contributed by atoms with Gasteiger partial charge in [-0.2, -0.15) is 13.2 Å². The predicted molar refractivity (Wildman–Crippen MR) is 84.4 cm³/mol. The first-order valence-electron chi connectivity index (χ1n) is 7.40. The number of carbonyl (C=O) groups excluding carboxylic acids is 1. The van der Waals surface area contributed by atoms with Crippen LogP contribution in [0.15, 0.2) is 33.5 Å². The molecule has 0 spiro atoms. The van der Waals surface area contributed by atoms with Gasteiger partial charge < -0.3 is 5.73 Å². The summed E-state index contributed by atoms with van der Waals surface area (Å²) in [6.07, 6.45) is -1.03. The Hall–Kier alpha value is -1.57. The van der Waals surface area contributed by atoms with Gasteiger partial charge in [0.1, 0.15) is 0 Å². The van der Waals surface area contributed by atoms with Crippen LogP contribution in [0.1, 0.15) is 39.0 Å². The van der Waals surface area contributed by atoms with Crippen LogP contribution in [0, 0.1) is 0 Å². The highest BCUT2D eigenvalue weighted by atomic mass is 32.2. The molecule has 1 rings (SSSR count). The highest BCUT2D eigenvalue weighted by Gasteiger charge is 2.40. The first-order chi connectivity index (χ1) is 10.7. The minimum atomic E-state index is -5.13. The van der Waals surface area contributed by atoms with Crippen molar-refractivity contribution in [3.05, 3.63) is 24.3 Å². The second-order valence-corrected chi connectivity index (χ2v) is 7.57. The number of nitrogens with two attached hydrogens (primary N) is 1. The van der Waals surface area contributed by atoms with Crippen molar-refractivity contribution in [1.29, 1.82) is 0 Å². The van der Waals surface area contributed by atoms with Crippen molar-refractivity contribution in [1.82, 2.24) is 0 Å². The molecule has 0 bridgehead atoms. The second kappa shape index (κ2) is 8.33. The molecular weight excluding hydrogens is 329 g/mol. The number of halogens is 3. The predicted octanol–water partition coefficient (Wildman–Crippen LogP) is 4.16. The Morgan fingerprint density at radius 3 is 2.22 bits per heavy atom. The van der Waals surface area contributed by atoms with Gasteiger partial charge in [0.2, 0.25) is 0 Å². The highest BCUT2D eigenvalue weighted by molar-refractivity contribution is 7.94. The molecule has 1 aromatic carbocycles. The van der Waals surface area contributed by atoms with Crippen LogP contribution in [0.25, 0.3) is 0 Å². The average molecular weight is 350 g/mol. The first kappa shape index (κ1) is 19.5. The summed E-state index contributed by atoms with van der Waals surface area (Å²) in [4.78, 5) is 11.3. The number of benzene rings is 1. The summed E-state index contributed by atoms with van der Waals surface area (Å²) >= 11 is 0. The van der Waals surface area contributed by atoms with E-state index in [2.05, 4.69) is 4.36 Å². The molecule has 0 heterocycles. The van der Waals surface area contributed by atoms with E-state index in [1.54, 1.807) is 0 Å². The molecule has 0 saturated carbocycles. The number of rotatable bonds is 7. The molecule has 1 amide bonds. The fraction of sp³-hybridized carbons (Fsp3) is 0.533. The minimum absolute atomic E-state index is 0.0809. The Balaban J connectivity index is 3.05. The van der Waals surface area contributed by atoms with E-state index < -0.39 is 21.8 Å². The van der Waals surface area contributed by atoms with Crippen molar-refractivity contribution in [2.45, 2.75) is 50.1 Å². The van der Waals surface area contributed by atoms with Crippen molar-refractivity contribution in [2.75, 3.05) is 11.5 Å². The quantitative estimate of drug-likeness (QED) is 0.593. The number of anilines is 1. The summed E-state index contributed by atoms with van der Waals surface area (Å²) in [5, 5.41) is 0. The van der Waals surface area contributed by atoms with Crippen LogP contribution in [-0.4, -0.2) is 22.0 Å². The van der Waals surface area contributed by atoms with E-state index in [0.29, 0.717) is 12.1 Å². The van der Waals surface area contributed by atoms with Crippen molar-refractivity contribution < 1.29 is 22.2 Å². The molecule has 0 radical (unpaired) electrons. The normalized spacial score (nSPS) is 14.3. The molecule has 4 nitrogen and oxygen atoms in total. The monoisotopic (exact) mass is 350 g/mol. The lowest BCUT2D eigenvalue weighted by Crippen LogP contribution is -2.23. The molecule has 2 N–H and O–H groups in total. The maximum Gasteiger partial charge on any atom is 0.474 e. The number of nitrogen functional groups attached to an aromatic ring is 1. The Labute approximate surface area is 134 Å². The molecule has 8 heteroatoms. The summed E-state index contributed by atoms with van der Waals surface area (Å²) in [6, 6.07) is 5.58. The topological polar surface area (TPSA) is 72.5 Å². The van der Waals surface area contributed by atoms with Gasteiger partial charge in [-0.15, -0.1) is 4.36 Å². The largest absolute Gasteiger partial charge is 0.474 e. The maximum absolute atomic E-state index is 12.9. The molecule has 130 valence electrons. The number of carbonyl (C=O) groups is 1. The van der Waals surface area contributed by atoms with Crippen LogP contribution in [0.2, 0.25) is 0 Å². The van der Waals surface area contributed by atoms with E-state index in [9.17, 15) is 22.2 Å². The summed E-state index contributed by atoms with van der Waals surface area (Å²) < 4.78 is 53.3. The van der Waals surface area contributed by atoms with Gasteiger partial charge in [0.25, 0.3) is 0 Å². The molecule has 1 atom stereocenters. The van der Waals surface area contributed by atoms with Gasteiger partial charge in [0.15, 0.2) is 0 Å².